The van der Waals surface area contributed by atoms with Crippen LogP contribution in [0, 0.1) is 0 Å². The minimum atomic E-state index is -0.0401. The van der Waals surface area contributed by atoms with Gasteiger partial charge in [-0.15, -0.1) is 0 Å². The van der Waals surface area contributed by atoms with Crippen LogP contribution in [-0.4, -0.2) is 19.1 Å². The largest absolute Gasteiger partial charge is 0.330 e. The summed E-state index contributed by atoms with van der Waals surface area (Å²) in [5.74, 6) is 2.27. The van der Waals surface area contributed by atoms with Gasteiger partial charge >= 0.3 is 0 Å². The van der Waals surface area contributed by atoms with Crippen molar-refractivity contribution in [1.82, 2.24) is 19.1 Å². The Bertz CT molecular complexity index is 968. The lowest BCUT2D eigenvalue weighted by atomic mass is 10.1. The summed E-state index contributed by atoms with van der Waals surface area (Å²) in [7, 11) is 4.24. The highest BCUT2D eigenvalue weighted by Crippen LogP contribution is 2.53. The van der Waals surface area contributed by atoms with Crippen LogP contribution >= 0.6 is 0 Å². The number of imidazole rings is 2. The number of nitrogens with zero attached hydrogens (tertiary/aromatic N) is 4. The van der Waals surface area contributed by atoms with Gasteiger partial charge in [-0.05, 0) is 37.1 Å². The first-order chi connectivity index (χ1) is 11.2. The molecule has 2 aromatic carbocycles. The molecule has 2 heterocycles. The SMILES string of the molecule is Cn1c(C2(c3nc4ccccc4n3C)CC2)nc2ccccc21. The maximum Gasteiger partial charge on any atom is 0.123 e. The summed E-state index contributed by atoms with van der Waals surface area (Å²) >= 11 is 0. The fourth-order valence-electron chi connectivity index (χ4n) is 3.82. The quantitative estimate of drug-likeness (QED) is 0.568. The molecule has 2 aromatic heterocycles. The molecule has 1 fully saturated rings. The standard InChI is InChI=1S/C19H18N4/c1-22-15-9-5-3-7-13(15)20-17(22)19(11-12-19)18-21-14-8-4-6-10-16(14)23(18)2/h3-10H,11-12H2,1-2H3. The molecule has 0 aliphatic heterocycles. The zero-order valence-electron chi connectivity index (χ0n) is 13.3. The van der Waals surface area contributed by atoms with Gasteiger partial charge in [-0.1, -0.05) is 24.3 Å². The molecule has 0 radical (unpaired) electrons. The number of rotatable bonds is 2. The van der Waals surface area contributed by atoms with E-state index in [1.54, 1.807) is 0 Å². The van der Waals surface area contributed by atoms with Crippen LogP contribution < -0.4 is 0 Å². The van der Waals surface area contributed by atoms with E-state index in [2.05, 4.69) is 59.6 Å². The molecule has 0 unspecified atom stereocenters. The Kier molecular flexibility index (Phi) is 2.36. The van der Waals surface area contributed by atoms with Gasteiger partial charge in [-0.2, -0.15) is 0 Å². The van der Waals surface area contributed by atoms with Crippen LogP contribution in [0.4, 0.5) is 0 Å². The Hall–Kier alpha value is -2.62. The molecule has 5 rings (SSSR count). The molecule has 23 heavy (non-hydrogen) atoms. The molecule has 1 aliphatic carbocycles. The summed E-state index contributed by atoms with van der Waals surface area (Å²) in [6.07, 6.45) is 2.22. The van der Waals surface area contributed by atoms with E-state index in [9.17, 15) is 0 Å². The van der Waals surface area contributed by atoms with Gasteiger partial charge in [0.25, 0.3) is 0 Å². The molecule has 0 saturated heterocycles. The second-order valence-corrected chi connectivity index (χ2v) is 6.55. The van der Waals surface area contributed by atoms with Crippen LogP contribution in [0.1, 0.15) is 24.5 Å². The van der Waals surface area contributed by atoms with Gasteiger partial charge in [0, 0.05) is 14.1 Å². The third-order valence-electron chi connectivity index (χ3n) is 5.18. The highest BCUT2D eigenvalue weighted by Gasteiger charge is 2.52. The zero-order chi connectivity index (χ0) is 15.6. The summed E-state index contributed by atoms with van der Waals surface area (Å²) < 4.78 is 4.48. The van der Waals surface area contributed by atoms with E-state index in [-0.39, 0.29) is 5.41 Å². The van der Waals surface area contributed by atoms with E-state index in [4.69, 9.17) is 9.97 Å². The minimum absolute atomic E-state index is 0.0401. The van der Waals surface area contributed by atoms with Crippen LogP contribution in [-0.2, 0) is 19.5 Å². The zero-order valence-corrected chi connectivity index (χ0v) is 13.3. The number of hydrogen-bond acceptors (Lipinski definition) is 2. The third kappa shape index (κ3) is 1.61. The summed E-state index contributed by atoms with van der Waals surface area (Å²) in [5.41, 5.74) is 4.46. The molecule has 0 bridgehead atoms. The van der Waals surface area contributed by atoms with Crippen LogP contribution in [0.25, 0.3) is 22.1 Å². The highest BCUT2D eigenvalue weighted by atomic mass is 15.1. The predicted molar refractivity (Wildman–Crippen MR) is 91.4 cm³/mol. The van der Waals surface area contributed by atoms with Crippen molar-refractivity contribution >= 4 is 22.1 Å². The molecule has 0 spiro atoms. The average Bonchev–Trinajstić information content (AvgIpc) is 3.22. The topological polar surface area (TPSA) is 35.6 Å². The van der Waals surface area contributed by atoms with Gasteiger partial charge in [-0.3, -0.25) is 0 Å². The van der Waals surface area contributed by atoms with E-state index < -0.39 is 0 Å². The third-order valence-corrected chi connectivity index (χ3v) is 5.18. The number of hydrogen-bond donors (Lipinski definition) is 0. The molecule has 0 atom stereocenters. The van der Waals surface area contributed by atoms with Crippen molar-refractivity contribution in [3.8, 4) is 0 Å². The lowest BCUT2D eigenvalue weighted by Crippen LogP contribution is -2.19. The summed E-state index contributed by atoms with van der Waals surface area (Å²) in [5, 5.41) is 0. The molecular weight excluding hydrogens is 284 g/mol. The van der Waals surface area contributed by atoms with Gasteiger partial charge in [0.1, 0.15) is 11.6 Å². The molecule has 1 aliphatic rings. The van der Waals surface area contributed by atoms with Gasteiger partial charge in [0.05, 0.1) is 27.5 Å². The Balaban J connectivity index is 1.77. The first-order valence-corrected chi connectivity index (χ1v) is 8.05. The maximum absolute atomic E-state index is 4.94. The second kappa shape index (κ2) is 4.22. The second-order valence-electron chi connectivity index (χ2n) is 6.55. The van der Waals surface area contributed by atoms with Gasteiger partial charge in [0.2, 0.25) is 0 Å². The molecule has 0 N–H and O–H groups in total. The van der Waals surface area contributed by atoms with Crippen molar-refractivity contribution in [3.05, 3.63) is 60.2 Å². The van der Waals surface area contributed by atoms with Crippen molar-refractivity contribution in [2.24, 2.45) is 14.1 Å². The van der Waals surface area contributed by atoms with E-state index in [0.717, 1.165) is 35.5 Å². The van der Waals surface area contributed by atoms with Crippen LogP contribution in [0.15, 0.2) is 48.5 Å². The highest BCUT2D eigenvalue weighted by molar-refractivity contribution is 5.78. The van der Waals surface area contributed by atoms with E-state index >= 15 is 0 Å². The van der Waals surface area contributed by atoms with Gasteiger partial charge < -0.3 is 9.13 Å². The molecule has 4 nitrogen and oxygen atoms in total. The van der Waals surface area contributed by atoms with Crippen LogP contribution in [0.3, 0.4) is 0 Å². The van der Waals surface area contributed by atoms with Crippen LogP contribution in [0.2, 0.25) is 0 Å². The lowest BCUT2D eigenvalue weighted by molar-refractivity contribution is 0.636. The Morgan fingerprint density at radius 3 is 1.57 bits per heavy atom. The monoisotopic (exact) mass is 302 g/mol. The van der Waals surface area contributed by atoms with E-state index in [1.165, 1.54) is 11.0 Å². The number of fused-ring (bicyclic) bond motifs is 2. The van der Waals surface area contributed by atoms with Crippen molar-refractivity contribution < 1.29 is 0 Å². The van der Waals surface area contributed by atoms with Gasteiger partial charge in [-0.25, -0.2) is 9.97 Å². The van der Waals surface area contributed by atoms with Gasteiger partial charge in [0.15, 0.2) is 0 Å². The van der Waals surface area contributed by atoms with E-state index in [1.807, 2.05) is 12.1 Å². The fourth-order valence-corrected chi connectivity index (χ4v) is 3.82. The molecule has 114 valence electrons. The molecule has 1 saturated carbocycles. The summed E-state index contributed by atoms with van der Waals surface area (Å²) in [6.45, 7) is 0. The predicted octanol–water partition coefficient (Wildman–Crippen LogP) is 3.54. The fraction of sp³-hybridized carbons (Fsp3) is 0.263. The smallest absolute Gasteiger partial charge is 0.123 e. The number of aromatic nitrogens is 4. The lowest BCUT2D eigenvalue weighted by Gasteiger charge is -2.15. The van der Waals surface area contributed by atoms with Crippen molar-refractivity contribution in [1.29, 1.82) is 0 Å². The summed E-state index contributed by atoms with van der Waals surface area (Å²) in [6, 6.07) is 16.7. The first-order valence-electron chi connectivity index (χ1n) is 8.05. The Labute approximate surface area is 134 Å². The average molecular weight is 302 g/mol. The molecular formula is C19H18N4. The number of para-hydroxylation sites is 4. The number of aryl methyl sites for hydroxylation is 2. The van der Waals surface area contributed by atoms with Crippen LogP contribution in [0.5, 0.6) is 0 Å². The molecule has 4 heteroatoms. The molecule has 0 amide bonds. The normalized spacial score (nSPS) is 16.3. The molecule has 4 aromatic rings. The maximum atomic E-state index is 4.94. The van der Waals surface area contributed by atoms with Crippen molar-refractivity contribution in [2.45, 2.75) is 18.3 Å². The summed E-state index contributed by atoms with van der Waals surface area (Å²) in [4.78, 5) is 9.89. The minimum Gasteiger partial charge on any atom is -0.330 e. The van der Waals surface area contributed by atoms with E-state index in [0.29, 0.717) is 0 Å². The van der Waals surface area contributed by atoms with Crippen molar-refractivity contribution in [3.63, 3.8) is 0 Å². The Morgan fingerprint density at radius 1 is 0.739 bits per heavy atom. The Morgan fingerprint density at radius 2 is 1.17 bits per heavy atom. The number of benzene rings is 2. The van der Waals surface area contributed by atoms with Crippen molar-refractivity contribution in [2.75, 3.05) is 0 Å². The first kappa shape index (κ1) is 12.9.